The van der Waals surface area contributed by atoms with Crippen LogP contribution in [-0.4, -0.2) is 17.5 Å². The van der Waals surface area contributed by atoms with E-state index in [1.165, 1.54) is 5.56 Å². The zero-order chi connectivity index (χ0) is 14.5. The van der Waals surface area contributed by atoms with Gasteiger partial charge in [0.25, 0.3) is 0 Å². The minimum atomic E-state index is -0.207. The number of rotatable bonds is 6. The summed E-state index contributed by atoms with van der Waals surface area (Å²) in [5.41, 5.74) is 1.04. The van der Waals surface area contributed by atoms with Gasteiger partial charge >= 0.3 is 0 Å². The highest BCUT2D eigenvalue weighted by Crippen LogP contribution is 2.13. The summed E-state index contributed by atoms with van der Waals surface area (Å²) in [6.45, 7) is 10.1. The molecule has 3 nitrogen and oxygen atoms in total. The number of amides is 1. The zero-order valence-corrected chi connectivity index (χ0v) is 12.7. The van der Waals surface area contributed by atoms with Gasteiger partial charge in [0, 0.05) is 11.6 Å². The minimum Gasteiger partial charge on any atom is -0.350 e. The van der Waals surface area contributed by atoms with Crippen LogP contribution < -0.4 is 10.6 Å². The second-order valence-corrected chi connectivity index (χ2v) is 5.75. The summed E-state index contributed by atoms with van der Waals surface area (Å²) in [4.78, 5) is 12.1. The standard InChI is InChI=1S/C16H26N2O/c1-6-16(4,5)18-15(19)13(3)17-12(2)14-10-8-7-9-11-14/h7-13,17H,6H2,1-5H3,(H,18,19). The molecule has 0 aliphatic rings. The summed E-state index contributed by atoms with van der Waals surface area (Å²) in [7, 11) is 0. The summed E-state index contributed by atoms with van der Waals surface area (Å²) in [5.74, 6) is 0.0506. The SMILES string of the molecule is CCC(C)(C)NC(=O)C(C)NC(C)c1ccccc1. The maximum absolute atomic E-state index is 12.1. The van der Waals surface area contributed by atoms with Gasteiger partial charge in [-0.3, -0.25) is 10.1 Å². The van der Waals surface area contributed by atoms with Crippen LogP contribution in [0.2, 0.25) is 0 Å². The first-order valence-corrected chi connectivity index (χ1v) is 6.98. The van der Waals surface area contributed by atoms with E-state index in [2.05, 4.69) is 36.6 Å². The topological polar surface area (TPSA) is 41.1 Å². The quantitative estimate of drug-likeness (QED) is 0.827. The Labute approximate surface area is 116 Å². The molecule has 0 aromatic heterocycles. The van der Waals surface area contributed by atoms with Crippen molar-refractivity contribution in [3.63, 3.8) is 0 Å². The van der Waals surface area contributed by atoms with Crippen LogP contribution in [0.5, 0.6) is 0 Å². The van der Waals surface area contributed by atoms with Gasteiger partial charge in [0.2, 0.25) is 5.91 Å². The number of nitrogens with one attached hydrogen (secondary N) is 2. The van der Waals surface area contributed by atoms with Gasteiger partial charge < -0.3 is 5.32 Å². The highest BCUT2D eigenvalue weighted by Gasteiger charge is 2.22. The molecule has 0 aliphatic carbocycles. The first-order valence-electron chi connectivity index (χ1n) is 6.98. The lowest BCUT2D eigenvalue weighted by Crippen LogP contribution is -2.51. The van der Waals surface area contributed by atoms with E-state index < -0.39 is 0 Å². The first kappa shape index (κ1) is 15.7. The number of benzene rings is 1. The van der Waals surface area contributed by atoms with E-state index in [0.29, 0.717) is 0 Å². The van der Waals surface area contributed by atoms with E-state index in [1.54, 1.807) is 0 Å². The number of hydrogen-bond donors (Lipinski definition) is 2. The Morgan fingerprint density at radius 1 is 1.21 bits per heavy atom. The second kappa shape index (κ2) is 6.71. The number of carbonyl (C=O) groups excluding carboxylic acids is 1. The van der Waals surface area contributed by atoms with Gasteiger partial charge in [-0.15, -0.1) is 0 Å². The van der Waals surface area contributed by atoms with Crippen molar-refractivity contribution in [1.29, 1.82) is 0 Å². The molecule has 2 atom stereocenters. The third-order valence-corrected chi connectivity index (χ3v) is 3.54. The maximum Gasteiger partial charge on any atom is 0.237 e. The lowest BCUT2D eigenvalue weighted by molar-refractivity contribution is -0.124. The van der Waals surface area contributed by atoms with Crippen LogP contribution in [0.4, 0.5) is 0 Å². The third kappa shape index (κ3) is 5.03. The fourth-order valence-electron chi connectivity index (χ4n) is 1.82. The smallest absolute Gasteiger partial charge is 0.237 e. The first-order chi connectivity index (χ1) is 8.85. The zero-order valence-electron chi connectivity index (χ0n) is 12.7. The summed E-state index contributed by atoms with van der Waals surface area (Å²) in [6.07, 6.45) is 0.916. The molecule has 0 bridgehead atoms. The van der Waals surface area contributed by atoms with Crippen LogP contribution in [-0.2, 0) is 4.79 Å². The molecule has 0 saturated carbocycles. The largest absolute Gasteiger partial charge is 0.350 e. The molecule has 1 aromatic rings. The van der Waals surface area contributed by atoms with E-state index in [4.69, 9.17) is 0 Å². The van der Waals surface area contributed by atoms with Gasteiger partial charge in [-0.1, -0.05) is 37.3 Å². The minimum absolute atomic E-state index is 0.0506. The van der Waals surface area contributed by atoms with Crippen LogP contribution in [0.3, 0.4) is 0 Å². The van der Waals surface area contributed by atoms with Gasteiger partial charge in [-0.05, 0) is 39.7 Å². The normalized spacial score (nSPS) is 14.8. The van der Waals surface area contributed by atoms with Gasteiger partial charge in [0.1, 0.15) is 0 Å². The molecule has 2 N–H and O–H groups in total. The summed E-state index contributed by atoms with van der Waals surface area (Å²) >= 11 is 0. The lowest BCUT2D eigenvalue weighted by Gasteiger charge is -2.28. The lowest BCUT2D eigenvalue weighted by atomic mass is 10.0. The molecule has 0 saturated heterocycles. The Morgan fingerprint density at radius 3 is 2.32 bits per heavy atom. The molecule has 0 fully saturated rings. The van der Waals surface area contributed by atoms with Crippen LogP contribution in [0.15, 0.2) is 30.3 Å². The van der Waals surface area contributed by atoms with Crippen molar-refractivity contribution >= 4 is 5.91 Å². The predicted octanol–water partition coefficient (Wildman–Crippen LogP) is 3.03. The number of carbonyl (C=O) groups is 1. The van der Waals surface area contributed by atoms with E-state index in [1.807, 2.05) is 39.0 Å². The van der Waals surface area contributed by atoms with Crippen molar-refractivity contribution in [3.8, 4) is 0 Å². The summed E-state index contributed by atoms with van der Waals surface area (Å²) in [5, 5.41) is 6.39. The molecular formula is C16H26N2O. The molecule has 3 heteroatoms. The van der Waals surface area contributed by atoms with Crippen LogP contribution in [0.25, 0.3) is 0 Å². The summed E-state index contributed by atoms with van der Waals surface area (Å²) in [6, 6.07) is 10.1. The second-order valence-electron chi connectivity index (χ2n) is 5.75. The van der Waals surface area contributed by atoms with E-state index >= 15 is 0 Å². The Morgan fingerprint density at radius 2 is 1.79 bits per heavy atom. The van der Waals surface area contributed by atoms with Crippen molar-refractivity contribution in [2.24, 2.45) is 0 Å². The molecule has 19 heavy (non-hydrogen) atoms. The Hall–Kier alpha value is -1.35. The van der Waals surface area contributed by atoms with Crippen molar-refractivity contribution in [2.75, 3.05) is 0 Å². The fraction of sp³-hybridized carbons (Fsp3) is 0.562. The van der Waals surface area contributed by atoms with Crippen LogP contribution in [0, 0.1) is 0 Å². The molecule has 1 amide bonds. The van der Waals surface area contributed by atoms with Crippen molar-refractivity contribution in [1.82, 2.24) is 10.6 Å². The van der Waals surface area contributed by atoms with Crippen LogP contribution in [0.1, 0.15) is 52.6 Å². The molecule has 0 radical (unpaired) electrons. The highest BCUT2D eigenvalue weighted by molar-refractivity contribution is 5.82. The van der Waals surface area contributed by atoms with E-state index in [-0.39, 0.29) is 23.5 Å². The van der Waals surface area contributed by atoms with E-state index in [0.717, 1.165) is 6.42 Å². The molecule has 0 aliphatic heterocycles. The Kier molecular flexibility index (Phi) is 5.55. The third-order valence-electron chi connectivity index (χ3n) is 3.54. The van der Waals surface area contributed by atoms with E-state index in [9.17, 15) is 4.79 Å². The van der Waals surface area contributed by atoms with Crippen molar-refractivity contribution in [3.05, 3.63) is 35.9 Å². The van der Waals surface area contributed by atoms with Gasteiger partial charge in [-0.25, -0.2) is 0 Å². The molecule has 1 aromatic carbocycles. The van der Waals surface area contributed by atoms with Gasteiger partial charge in [-0.2, -0.15) is 0 Å². The Balaban J connectivity index is 2.55. The maximum atomic E-state index is 12.1. The molecule has 106 valence electrons. The molecule has 2 unspecified atom stereocenters. The predicted molar refractivity (Wildman–Crippen MR) is 80.0 cm³/mol. The monoisotopic (exact) mass is 262 g/mol. The average molecular weight is 262 g/mol. The molecular weight excluding hydrogens is 236 g/mol. The van der Waals surface area contributed by atoms with Gasteiger partial charge in [0.05, 0.1) is 6.04 Å². The fourth-order valence-corrected chi connectivity index (χ4v) is 1.82. The Bertz CT molecular complexity index is 400. The highest BCUT2D eigenvalue weighted by atomic mass is 16.2. The molecule has 0 heterocycles. The number of hydrogen-bond acceptors (Lipinski definition) is 2. The van der Waals surface area contributed by atoms with Crippen molar-refractivity contribution < 1.29 is 4.79 Å². The molecule has 0 spiro atoms. The van der Waals surface area contributed by atoms with Crippen molar-refractivity contribution in [2.45, 2.75) is 58.7 Å². The van der Waals surface area contributed by atoms with Gasteiger partial charge in [0.15, 0.2) is 0 Å². The van der Waals surface area contributed by atoms with Crippen LogP contribution >= 0.6 is 0 Å². The summed E-state index contributed by atoms with van der Waals surface area (Å²) < 4.78 is 0. The molecule has 1 rings (SSSR count). The average Bonchev–Trinajstić information content (AvgIpc) is 2.39.